The summed E-state index contributed by atoms with van der Waals surface area (Å²) in [6, 6.07) is 12.1. The number of piperidine rings is 1. The summed E-state index contributed by atoms with van der Waals surface area (Å²) in [4.78, 5) is 35.3. The number of rotatable bonds is 7. The fourth-order valence-corrected chi connectivity index (χ4v) is 6.07. The number of fused-ring (bicyclic) bond motifs is 1. The molecule has 0 bridgehead atoms. The molecule has 0 atom stereocenters. The predicted molar refractivity (Wildman–Crippen MR) is 161 cm³/mol. The molecule has 1 fully saturated rings. The monoisotopic (exact) mass is 596 g/mol. The van der Waals surface area contributed by atoms with Gasteiger partial charge in [-0.15, -0.1) is 0 Å². The lowest BCUT2D eigenvalue weighted by atomic mass is 10.1. The molecule has 1 saturated heterocycles. The fraction of sp³-hybridized carbons (Fsp3) is 0.290. The van der Waals surface area contributed by atoms with Crippen molar-refractivity contribution in [3.05, 3.63) is 77.2 Å². The zero-order valence-electron chi connectivity index (χ0n) is 23.7. The summed E-state index contributed by atoms with van der Waals surface area (Å²) in [6.45, 7) is 3.13. The van der Waals surface area contributed by atoms with Gasteiger partial charge in [-0.3, -0.25) is 9.20 Å². The number of amides is 1. The van der Waals surface area contributed by atoms with Crippen LogP contribution in [0, 0.1) is 17.1 Å². The summed E-state index contributed by atoms with van der Waals surface area (Å²) >= 11 is 1.27. The van der Waals surface area contributed by atoms with Crippen molar-refractivity contribution in [2.75, 3.05) is 25.0 Å². The Morgan fingerprint density at radius 3 is 2.47 bits per heavy atom. The summed E-state index contributed by atoms with van der Waals surface area (Å²) in [5.74, 6) is 0.879. The molecule has 10 nitrogen and oxygen atoms in total. The van der Waals surface area contributed by atoms with Gasteiger partial charge in [0.25, 0.3) is 0 Å². The largest absolute Gasteiger partial charge is 0.393 e. The van der Waals surface area contributed by atoms with E-state index in [1.165, 1.54) is 23.5 Å². The number of benzene rings is 1. The SMILES string of the molecule is CCc1nc2ccc(-c3cnc(CC(=O)N4CCC(O)CC4)nc3)cn2c1N(C)c1nc(-c2ccc(F)cc2)c(C#N)s1. The van der Waals surface area contributed by atoms with E-state index in [2.05, 4.69) is 16.0 Å². The van der Waals surface area contributed by atoms with Crippen LogP contribution in [0.1, 0.15) is 36.2 Å². The summed E-state index contributed by atoms with van der Waals surface area (Å²) in [5, 5.41) is 20.1. The highest BCUT2D eigenvalue weighted by Gasteiger charge is 2.23. The molecule has 0 saturated carbocycles. The zero-order chi connectivity index (χ0) is 30.1. The van der Waals surface area contributed by atoms with Crippen LogP contribution >= 0.6 is 11.3 Å². The smallest absolute Gasteiger partial charge is 0.230 e. The van der Waals surface area contributed by atoms with Gasteiger partial charge in [0, 0.05) is 55.4 Å². The number of hydrogen-bond donors (Lipinski definition) is 1. The molecule has 1 aliphatic rings. The Labute approximate surface area is 251 Å². The van der Waals surface area contributed by atoms with Crippen molar-refractivity contribution in [2.24, 2.45) is 0 Å². The average molecular weight is 597 g/mol. The highest BCUT2D eigenvalue weighted by molar-refractivity contribution is 7.16. The third-order valence-electron chi connectivity index (χ3n) is 7.60. The third-order valence-corrected chi connectivity index (χ3v) is 8.64. The Balaban J connectivity index is 1.28. The molecule has 0 aliphatic carbocycles. The van der Waals surface area contributed by atoms with Crippen LogP contribution in [0.2, 0.25) is 0 Å². The Morgan fingerprint density at radius 2 is 1.79 bits per heavy atom. The van der Waals surface area contributed by atoms with Crippen LogP contribution in [0.25, 0.3) is 28.0 Å². The number of aromatic nitrogens is 5. The van der Waals surface area contributed by atoms with E-state index in [-0.39, 0.29) is 24.2 Å². The Hall–Kier alpha value is -4.73. The topological polar surface area (TPSA) is 124 Å². The molecule has 12 heteroatoms. The number of likely N-dealkylation sites (tertiary alicyclic amines) is 1. The van der Waals surface area contributed by atoms with Crippen LogP contribution in [-0.2, 0) is 17.6 Å². The summed E-state index contributed by atoms with van der Waals surface area (Å²) < 4.78 is 15.5. The Bertz CT molecular complexity index is 1820. The van der Waals surface area contributed by atoms with Gasteiger partial charge in [-0.1, -0.05) is 18.3 Å². The number of carbonyl (C=O) groups is 1. The van der Waals surface area contributed by atoms with E-state index in [9.17, 15) is 19.6 Å². The second kappa shape index (κ2) is 11.9. The van der Waals surface area contributed by atoms with E-state index < -0.39 is 0 Å². The number of nitriles is 1. The lowest BCUT2D eigenvalue weighted by Gasteiger charge is -2.29. The van der Waals surface area contributed by atoms with E-state index in [1.807, 2.05) is 41.6 Å². The number of imidazole rings is 1. The van der Waals surface area contributed by atoms with Gasteiger partial charge >= 0.3 is 0 Å². The number of aliphatic hydroxyl groups is 1. The van der Waals surface area contributed by atoms with Gasteiger partial charge < -0.3 is 14.9 Å². The number of pyridine rings is 1. The lowest BCUT2D eigenvalue weighted by Crippen LogP contribution is -2.41. The summed E-state index contributed by atoms with van der Waals surface area (Å²) in [7, 11) is 1.89. The Kier molecular flexibility index (Phi) is 7.84. The van der Waals surface area contributed by atoms with Crippen molar-refractivity contribution in [1.29, 1.82) is 5.26 Å². The van der Waals surface area contributed by atoms with Gasteiger partial charge in [0.15, 0.2) is 5.13 Å². The highest BCUT2D eigenvalue weighted by Crippen LogP contribution is 2.37. The standard InChI is InChI=1S/C31H29FN8O2S/c1-3-24-30(38(2)31-37-29(25(15-33)43-31)19-4-7-22(32)8-5-19)40-18-20(6-9-27(40)36-24)21-16-34-26(35-17-21)14-28(42)39-12-10-23(41)11-13-39/h4-9,16-18,23,41H,3,10-14H2,1-2H3. The number of nitrogens with zero attached hydrogens (tertiary/aromatic N) is 8. The van der Waals surface area contributed by atoms with Crippen LogP contribution in [0.4, 0.5) is 15.3 Å². The van der Waals surface area contributed by atoms with Crippen molar-refractivity contribution in [1.82, 2.24) is 29.2 Å². The predicted octanol–water partition coefficient (Wildman–Crippen LogP) is 4.78. The molecule has 43 heavy (non-hydrogen) atoms. The molecular weight excluding hydrogens is 567 g/mol. The summed E-state index contributed by atoms with van der Waals surface area (Å²) in [5.41, 5.74) is 4.47. The molecule has 0 unspecified atom stereocenters. The molecule has 1 aliphatic heterocycles. The first-order valence-electron chi connectivity index (χ1n) is 14.0. The molecule has 0 radical (unpaired) electrons. The number of aliphatic hydroxyl groups excluding tert-OH is 1. The quantitative estimate of drug-likeness (QED) is 0.285. The van der Waals surface area contributed by atoms with Crippen molar-refractivity contribution in [3.8, 4) is 28.5 Å². The van der Waals surface area contributed by atoms with Crippen LogP contribution in [0.3, 0.4) is 0 Å². The van der Waals surface area contributed by atoms with Gasteiger partial charge in [0.1, 0.15) is 39.7 Å². The average Bonchev–Trinajstić information content (AvgIpc) is 3.63. The minimum atomic E-state index is -0.351. The van der Waals surface area contributed by atoms with Crippen LogP contribution in [0.15, 0.2) is 55.0 Å². The molecule has 4 aromatic heterocycles. The second-order valence-corrected chi connectivity index (χ2v) is 11.4. The lowest BCUT2D eigenvalue weighted by molar-refractivity contribution is -0.132. The number of hydrogen-bond acceptors (Lipinski definition) is 9. The van der Waals surface area contributed by atoms with Gasteiger partial charge in [-0.25, -0.2) is 24.3 Å². The van der Waals surface area contributed by atoms with Crippen LogP contribution < -0.4 is 4.90 Å². The van der Waals surface area contributed by atoms with Crippen LogP contribution in [0.5, 0.6) is 0 Å². The van der Waals surface area contributed by atoms with Gasteiger partial charge in [0.05, 0.1) is 18.2 Å². The molecule has 1 N–H and O–H groups in total. The maximum absolute atomic E-state index is 13.5. The van der Waals surface area contributed by atoms with Gasteiger partial charge in [0.2, 0.25) is 5.91 Å². The normalized spacial score (nSPS) is 13.8. The number of anilines is 2. The number of carbonyl (C=O) groups excluding carboxylic acids is 1. The molecule has 0 spiro atoms. The van der Waals surface area contributed by atoms with Crippen molar-refractivity contribution >= 4 is 33.8 Å². The maximum atomic E-state index is 13.5. The first kappa shape index (κ1) is 28.4. The minimum Gasteiger partial charge on any atom is -0.393 e. The second-order valence-electron chi connectivity index (χ2n) is 10.4. The first-order valence-corrected chi connectivity index (χ1v) is 14.8. The van der Waals surface area contributed by atoms with E-state index in [1.54, 1.807) is 29.4 Å². The number of aryl methyl sites for hydroxylation is 1. The molecule has 1 aromatic carbocycles. The molecule has 5 aromatic rings. The molecule has 1 amide bonds. The Morgan fingerprint density at radius 1 is 1.09 bits per heavy atom. The van der Waals surface area contributed by atoms with Crippen LogP contribution in [-0.4, -0.2) is 66.5 Å². The van der Waals surface area contributed by atoms with Crippen molar-refractivity contribution in [3.63, 3.8) is 0 Å². The minimum absolute atomic E-state index is 0.0383. The first-order chi connectivity index (χ1) is 20.8. The van der Waals surface area contributed by atoms with E-state index in [4.69, 9.17) is 9.97 Å². The summed E-state index contributed by atoms with van der Waals surface area (Å²) in [6.07, 6.45) is 7.04. The van der Waals surface area contributed by atoms with Gasteiger partial charge in [-0.05, 0) is 55.7 Å². The number of thiazole rings is 1. The van der Waals surface area contributed by atoms with E-state index >= 15 is 0 Å². The van der Waals surface area contributed by atoms with Crippen molar-refractivity contribution in [2.45, 2.75) is 38.7 Å². The third kappa shape index (κ3) is 5.69. The highest BCUT2D eigenvalue weighted by atomic mass is 32.1. The van der Waals surface area contributed by atoms with E-state index in [0.29, 0.717) is 59.4 Å². The molecular formula is C31H29FN8O2S. The van der Waals surface area contributed by atoms with Crippen molar-refractivity contribution < 1.29 is 14.3 Å². The van der Waals surface area contributed by atoms with E-state index in [0.717, 1.165) is 28.3 Å². The molecule has 5 heterocycles. The van der Waals surface area contributed by atoms with Gasteiger partial charge in [-0.2, -0.15) is 5.26 Å². The number of halogens is 1. The molecule has 6 rings (SSSR count). The fourth-order valence-electron chi connectivity index (χ4n) is 5.22. The zero-order valence-corrected chi connectivity index (χ0v) is 24.6. The molecule has 218 valence electrons. The maximum Gasteiger partial charge on any atom is 0.230 e.